The van der Waals surface area contributed by atoms with E-state index in [0.29, 0.717) is 16.9 Å². The number of anilines is 1. The van der Waals surface area contributed by atoms with E-state index in [9.17, 15) is 20.0 Å². The van der Waals surface area contributed by atoms with E-state index in [1.165, 1.54) is 17.8 Å². The lowest BCUT2D eigenvalue weighted by Crippen LogP contribution is -2.35. The zero-order valence-corrected chi connectivity index (χ0v) is 15.9. The molecule has 0 bridgehead atoms. The second kappa shape index (κ2) is 7.56. The minimum Gasteiger partial charge on any atom is -0.497 e. The standard InChI is InChI=1S/C22H16N4O4/c1-30-15-9-7-14(8-10-15)19-16(12-23)20(27)26-18(13-5-3-2-4-6-13)11-17(21(28)29)24-22(26)25-19/h2-11,18H,1H3,(H,24,25)(H,28,29). The number of rotatable bonds is 4. The molecule has 0 spiro atoms. The quantitative estimate of drug-likeness (QED) is 0.691. The number of methoxy groups -OCH3 is 1. The Bertz CT molecular complexity index is 1260. The van der Waals surface area contributed by atoms with Crippen molar-refractivity contribution in [2.75, 3.05) is 12.4 Å². The molecule has 1 aromatic heterocycles. The predicted octanol–water partition coefficient (Wildman–Crippen LogP) is 2.77. The summed E-state index contributed by atoms with van der Waals surface area (Å²) >= 11 is 0. The van der Waals surface area contributed by atoms with Crippen molar-refractivity contribution in [3.05, 3.63) is 87.9 Å². The monoisotopic (exact) mass is 400 g/mol. The molecule has 1 atom stereocenters. The third kappa shape index (κ3) is 3.18. The van der Waals surface area contributed by atoms with Gasteiger partial charge in [-0.3, -0.25) is 9.36 Å². The minimum atomic E-state index is -1.17. The number of aliphatic carboxylic acids is 1. The average Bonchev–Trinajstić information content (AvgIpc) is 2.78. The number of fused-ring (bicyclic) bond motifs is 1. The fourth-order valence-corrected chi connectivity index (χ4v) is 3.35. The molecule has 0 fully saturated rings. The molecule has 8 heteroatoms. The van der Waals surface area contributed by atoms with Crippen LogP contribution in [0.2, 0.25) is 0 Å². The number of carboxylic acids is 1. The minimum absolute atomic E-state index is 0.0542. The summed E-state index contributed by atoms with van der Waals surface area (Å²) in [5, 5.41) is 21.9. The van der Waals surface area contributed by atoms with Crippen LogP contribution in [0.25, 0.3) is 11.3 Å². The lowest BCUT2D eigenvalue weighted by atomic mass is 10.0. The number of hydrogen-bond acceptors (Lipinski definition) is 6. The summed E-state index contributed by atoms with van der Waals surface area (Å²) in [7, 11) is 1.53. The molecule has 2 aromatic carbocycles. The molecule has 0 radical (unpaired) electrons. The lowest BCUT2D eigenvalue weighted by Gasteiger charge is -2.27. The number of nitrogens with one attached hydrogen (secondary N) is 1. The number of allylic oxidation sites excluding steroid dienone is 1. The normalized spacial score (nSPS) is 14.7. The second-order valence-corrected chi connectivity index (χ2v) is 6.54. The van der Waals surface area contributed by atoms with Crippen LogP contribution in [0.3, 0.4) is 0 Å². The number of ether oxygens (including phenoxy) is 1. The van der Waals surface area contributed by atoms with Gasteiger partial charge >= 0.3 is 5.97 Å². The van der Waals surface area contributed by atoms with Crippen LogP contribution in [0, 0.1) is 11.3 Å². The summed E-state index contributed by atoms with van der Waals surface area (Å²) in [4.78, 5) is 29.4. The van der Waals surface area contributed by atoms with Gasteiger partial charge in [-0.1, -0.05) is 30.3 Å². The topological polar surface area (TPSA) is 117 Å². The molecule has 4 rings (SSSR count). The summed E-state index contributed by atoms with van der Waals surface area (Å²) in [5.74, 6) is -0.504. The van der Waals surface area contributed by atoms with Gasteiger partial charge in [0.25, 0.3) is 5.56 Å². The summed E-state index contributed by atoms with van der Waals surface area (Å²) in [6.45, 7) is 0. The summed E-state index contributed by atoms with van der Waals surface area (Å²) < 4.78 is 6.44. The zero-order valence-electron chi connectivity index (χ0n) is 15.9. The number of carboxylic acid groups (broad SMARTS) is 1. The Balaban J connectivity index is 1.96. The highest BCUT2D eigenvalue weighted by Crippen LogP contribution is 2.31. The highest BCUT2D eigenvalue weighted by atomic mass is 16.5. The molecule has 0 saturated carbocycles. The smallest absolute Gasteiger partial charge is 0.352 e. The molecule has 0 aliphatic carbocycles. The van der Waals surface area contributed by atoms with Gasteiger partial charge in [-0.2, -0.15) is 5.26 Å². The first-order chi connectivity index (χ1) is 14.5. The van der Waals surface area contributed by atoms with Gasteiger partial charge in [0.1, 0.15) is 23.1 Å². The third-order valence-corrected chi connectivity index (χ3v) is 4.81. The zero-order chi connectivity index (χ0) is 21.3. The van der Waals surface area contributed by atoms with Crippen molar-refractivity contribution in [2.24, 2.45) is 0 Å². The highest BCUT2D eigenvalue weighted by molar-refractivity contribution is 5.90. The van der Waals surface area contributed by atoms with Crippen LogP contribution in [0.15, 0.2) is 71.2 Å². The largest absolute Gasteiger partial charge is 0.497 e. The maximum atomic E-state index is 13.3. The number of aromatic nitrogens is 2. The van der Waals surface area contributed by atoms with E-state index in [4.69, 9.17) is 4.74 Å². The van der Waals surface area contributed by atoms with E-state index in [0.717, 1.165) is 0 Å². The molecule has 2 N–H and O–H groups in total. The van der Waals surface area contributed by atoms with E-state index in [1.54, 1.807) is 48.5 Å². The van der Waals surface area contributed by atoms with Gasteiger partial charge in [-0.15, -0.1) is 0 Å². The van der Waals surface area contributed by atoms with Crippen LogP contribution in [0.4, 0.5) is 5.95 Å². The van der Waals surface area contributed by atoms with Crippen molar-refractivity contribution in [2.45, 2.75) is 6.04 Å². The van der Waals surface area contributed by atoms with Crippen molar-refractivity contribution < 1.29 is 14.6 Å². The van der Waals surface area contributed by atoms with Crippen molar-refractivity contribution in [1.82, 2.24) is 9.55 Å². The first kappa shape index (κ1) is 19.0. The number of carbonyl (C=O) groups is 1. The van der Waals surface area contributed by atoms with Crippen molar-refractivity contribution >= 4 is 11.9 Å². The van der Waals surface area contributed by atoms with Crippen LogP contribution >= 0.6 is 0 Å². The molecule has 30 heavy (non-hydrogen) atoms. The molecule has 3 aromatic rings. The van der Waals surface area contributed by atoms with Gasteiger partial charge in [0.05, 0.1) is 18.8 Å². The van der Waals surface area contributed by atoms with Crippen molar-refractivity contribution in [3.8, 4) is 23.1 Å². The molecular formula is C22H16N4O4. The van der Waals surface area contributed by atoms with Crippen molar-refractivity contribution in [3.63, 3.8) is 0 Å². The summed E-state index contributed by atoms with van der Waals surface area (Å²) in [6, 6.07) is 17.0. The molecule has 2 heterocycles. The fraction of sp³-hybridized carbons (Fsp3) is 0.0909. The molecule has 1 aliphatic heterocycles. The van der Waals surface area contributed by atoms with Crippen LogP contribution < -0.4 is 15.6 Å². The molecule has 8 nitrogen and oxygen atoms in total. The molecule has 0 amide bonds. The lowest BCUT2D eigenvalue weighted by molar-refractivity contribution is -0.132. The Labute approximate surface area is 171 Å². The van der Waals surface area contributed by atoms with E-state index >= 15 is 0 Å². The van der Waals surface area contributed by atoms with E-state index in [1.807, 2.05) is 12.1 Å². The number of nitrogens with zero attached hydrogens (tertiary/aromatic N) is 3. The Morgan fingerprint density at radius 3 is 2.50 bits per heavy atom. The van der Waals surface area contributed by atoms with Gasteiger partial charge in [-0.25, -0.2) is 9.78 Å². The van der Waals surface area contributed by atoms with Gasteiger partial charge in [-0.05, 0) is 35.9 Å². The number of benzene rings is 2. The second-order valence-electron chi connectivity index (χ2n) is 6.54. The Morgan fingerprint density at radius 1 is 1.20 bits per heavy atom. The van der Waals surface area contributed by atoms with Crippen LogP contribution in [-0.4, -0.2) is 27.7 Å². The first-order valence-corrected chi connectivity index (χ1v) is 9.01. The fourth-order valence-electron chi connectivity index (χ4n) is 3.35. The van der Waals surface area contributed by atoms with E-state index in [2.05, 4.69) is 10.3 Å². The Kier molecular flexibility index (Phi) is 4.78. The molecule has 1 unspecified atom stereocenters. The van der Waals surface area contributed by atoms with Gasteiger partial charge in [0.15, 0.2) is 0 Å². The molecule has 1 aliphatic rings. The van der Waals surface area contributed by atoms with Gasteiger partial charge < -0.3 is 15.2 Å². The van der Waals surface area contributed by atoms with Crippen LogP contribution in [0.1, 0.15) is 17.2 Å². The maximum Gasteiger partial charge on any atom is 0.352 e. The average molecular weight is 400 g/mol. The van der Waals surface area contributed by atoms with Gasteiger partial charge in [0, 0.05) is 5.56 Å². The summed E-state index contributed by atoms with van der Waals surface area (Å²) in [6.07, 6.45) is 1.43. The highest BCUT2D eigenvalue weighted by Gasteiger charge is 2.29. The number of hydrogen-bond donors (Lipinski definition) is 2. The third-order valence-electron chi connectivity index (χ3n) is 4.81. The predicted molar refractivity (Wildman–Crippen MR) is 109 cm³/mol. The van der Waals surface area contributed by atoms with Crippen LogP contribution in [-0.2, 0) is 4.79 Å². The van der Waals surface area contributed by atoms with Crippen LogP contribution in [0.5, 0.6) is 5.75 Å². The Hall–Kier alpha value is -4.38. The van der Waals surface area contributed by atoms with Gasteiger partial charge in [0.2, 0.25) is 5.95 Å². The molecule has 148 valence electrons. The van der Waals surface area contributed by atoms with E-state index < -0.39 is 17.6 Å². The van der Waals surface area contributed by atoms with Crippen molar-refractivity contribution in [1.29, 1.82) is 5.26 Å². The first-order valence-electron chi connectivity index (χ1n) is 9.01. The number of nitriles is 1. The summed E-state index contributed by atoms with van der Waals surface area (Å²) in [5.41, 5.74) is 0.624. The van der Waals surface area contributed by atoms with E-state index in [-0.39, 0.29) is 22.9 Å². The Morgan fingerprint density at radius 2 is 1.90 bits per heavy atom. The maximum absolute atomic E-state index is 13.3. The molecular weight excluding hydrogens is 384 g/mol. The molecule has 0 saturated heterocycles. The SMILES string of the molecule is COc1ccc(-c2nc3n(c(=O)c2C#N)C(c2ccccc2)C=C(C(=O)O)N3)cc1.